The Morgan fingerprint density at radius 1 is 1.15 bits per heavy atom. The van der Waals surface area contributed by atoms with E-state index in [2.05, 4.69) is 15.3 Å². The van der Waals surface area contributed by atoms with Crippen LogP contribution in [0, 0.1) is 5.41 Å². The molecule has 0 bridgehead atoms. The Morgan fingerprint density at radius 2 is 1.93 bits per heavy atom. The highest BCUT2D eigenvalue weighted by molar-refractivity contribution is 5.74. The number of carboxylic acids is 1. The standard InChI is InChI=1S/C29H29F3N4O4/c1-39-21-4-2-3-20(13-21)17-5-7-19(8-6-17)25(29(30,31)32)40-24-14-22(35-27(33)36-24)18-9-11-28(12-10-18)15-23(26(37)38)34-16-28/h2-9,13-14,23,25,34H,10-12,15-16H2,1H3,(H,37,38)(H2,33,35,36)/t23?,25-,28?/m1/s1. The molecule has 4 N–H and O–H groups in total. The summed E-state index contributed by atoms with van der Waals surface area (Å²) in [5.41, 5.74) is 8.36. The molecule has 0 radical (unpaired) electrons. The Balaban J connectivity index is 1.36. The fourth-order valence-electron chi connectivity index (χ4n) is 5.38. The van der Waals surface area contributed by atoms with Crippen molar-refractivity contribution in [2.75, 3.05) is 19.4 Å². The van der Waals surface area contributed by atoms with E-state index < -0.39 is 24.3 Å². The van der Waals surface area contributed by atoms with Crippen LogP contribution in [-0.4, -0.2) is 46.9 Å². The van der Waals surface area contributed by atoms with Gasteiger partial charge in [0.05, 0.1) is 12.8 Å². The van der Waals surface area contributed by atoms with Crippen LogP contribution in [0.25, 0.3) is 16.7 Å². The molecule has 40 heavy (non-hydrogen) atoms. The first-order valence-corrected chi connectivity index (χ1v) is 12.8. The molecule has 1 fully saturated rings. The van der Waals surface area contributed by atoms with Crippen LogP contribution in [0.15, 0.2) is 60.7 Å². The van der Waals surface area contributed by atoms with Crippen molar-refractivity contribution in [2.45, 2.75) is 44.0 Å². The molecule has 2 aliphatic rings. The number of carbonyl (C=O) groups is 1. The minimum atomic E-state index is -4.72. The van der Waals surface area contributed by atoms with Crippen molar-refractivity contribution in [3.63, 3.8) is 0 Å². The molecular formula is C29H29F3N4O4. The molecule has 3 aromatic rings. The maximum Gasteiger partial charge on any atom is 0.429 e. The van der Waals surface area contributed by atoms with Crippen LogP contribution >= 0.6 is 0 Å². The second kappa shape index (κ2) is 10.8. The summed E-state index contributed by atoms with van der Waals surface area (Å²) in [6, 6.07) is 14.0. The van der Waals surface area contributed by atoms with Gasteiger partial charge in [-0.25, -0.2) is 4.98 Å². The summed E-state index contributed by atoms with van der Waals surface area (Å²) < 4.78 is 53.1. The minimum Gasteiger partial charge on any atom is -0.497 e. The van der Waals surface area contributed by atoms with E-state index in [9.17, 15) is 23.1 Å². The number of hydrogen-bond acceptors (Lipinski definition) is 7. The second-order valence-corrected chi connectivity index (χ2v) is 10.3. The highest BCUT2D eigenvalue weighted by Crippen LogP contribution is 2.45. The van der Waals surface area contributed by atoms with Gasteiger partial charge in [-0.3, -0.25) is 4.79 Å². The van der Waals surface area contributed by atoms with Crippen molar-refractivity contribution in [3.8, 4) is 22.8 Å². The van der Waals surface area contributed by atoms with Gasteiger partial charge in [-0.05, 0) is 59.9 Å². The lowest BCUT2D eigenvalue weighted by molar-refractivity contribution is -0.198. The van der Waals surface area contributed by atoms with E-state index in [0.29, 0.717) is 37.3 Å². The van der Waals surface area contributed by atoms with Crippen molar-refractivity contribution in [2.24, 2.45) is 5.41 Å². The number of nitrogens with one attached hydrogen (secondary N) is 1. The Labute approximate surface area is 229 Å². The normalized spacial score (nSPS) is 21.6. The molecule has 0 saturated carbocycles. The lowest BCUT2D eigenvalue weighted by Gasteiger charge is -2.31. The zero-order chi connectivity index (χ0) is 28.5. The molecule has 2 heterocycles. The first kappa shape index (κ1) is 27.4. The Bertz CT molecular complexity index is 1430. The summed E-state index contributed by atoms with van der Waals surface area (Å²) in [6.45, 7) is 0.595. The molecule has 2 unspecified atom stereocenters. The van der Waals surface area contributed by atoms with Crippen LogP contribution in [0.2, 0.25) is 0 Å². The molecule has 1 aliphatic carbocycles. The molecule has 2 aromatic carbocycles. The number of rotatable bonds is 7. The van der Waals surface area contributed by atoms with E-state index in [1.165, 1.54) is 18.2 Å². The third-order valence-corrected chi connectivity index (χ3v) is 7.57. The Hall–Kier alpha value is -4.12. The van der Waals surface area contributed by atoms with E-state index in [-0.39, 0.29) is 22.8 Å². The largest absolute Gasteiger partial charge is 0.497 e. The number of nitrogens with two attached hydrogens (primary N) is 1. The predicted octanol–water partition coefficient (Wildman–Crippen LogP) is 5.42. The lowest BCUT2D eigenvalue weighted by atomic mass is 9.73. The Morgan fingerprint density at radius 3 is 2.55 bits per heavy atom. The smallest absolute Gasteiger partial charge is 0.429 e. The fraction of sp³-hybridized carbons (Fsp3) is 0.345. The third-order valence-electron chi connectivity index (χ3n) is 7.57. The molecule has 8 nitrogen and oxygen atoms in total. The van der Waals surface area contributed by atoms with Crippen molar-refractivity contribution < 1.29 is 32.5 Å². The lowest BCUT2D eigenvalue weighted by Crippen LogP contribution is -2.30. The average Bonchev–Trinajstić information content (AvgIpc) is 3.35. The number of nitrogen functional groups attached to an aromatic ring is 1. The number of ether oxygens (including phenoxy) is 2. The predicted molar refractivity (Wildman–Crippen MR) is 143 cm³/mol. The van der Waals surface area contributed by atoms with Crippen molar-refractivity contribution in [1.82, 2.24) is 15.3 Å². The number of carboxylic acid groups (broad SMARTS) is 1. The van der Waals surface area contributed by atoms with Gasteiger partial charge in [-0.2, -0.15) is 18.2 Å². The first-order chi connectivity index (χ1) is 19.0. The monoisotopic (exact) mass is 554 g/mol. The van der Waals surface area contributed by atoms with Crippen LogP contribution in [0.4, 0.5) is 19.1 Å². The van der Waals surface area contributed by atoms with Gasteiger partial charge in [0.2, 0.25) is 17.9 Å². The summed E-state index contributed by atoms with van der Waals surface area (Å²) in [5, 5.41) is 12.4. The molecule has 11 heteroatoms. The van der Waals surface area contributed by atoms with Gasteiger partial charge < -0.3 is 25.6 Å². The number of methoxy groups -OCH3 is 1. The summed E-state index contributed by atoms with van der Waals surface area (Å²) >= 11 is 0. The highest BCUT2D eigenvalue weighted by Gasteiger charge is 2.44. The zero-order valence-corrected chi connectivity index (χ0v) is 21.7. The summed E-state index contributed by atoms with van der Waals surface area (Å²) in [6.07, 6.45) is -2.57. The van der Waals surface area contributed by atoms with Crippen molar-refractivity contribution in [3.05, 3.63) is 71.9 Å². The van der Waals surface area contributed by atoms with E-state index in [0.717, 1.165) is 23.1 Å². The molecule has 3 atom stereocenters. The molecule has 1 saturated heterocycles. The van der Waals surface area contributed by atoms with Gasteiger partial charge in [-0.1, -0.05) is 42.5 Å². The van der Waals surface area contributed by atoms with E-state index in [1.807, 2.05) is 12.1 Å². The number of aromatic nitrogens is 2. The number of alkyl halides is 3. The number of benzene rings is 2. The fourth-order valence-corrected chi connectivity index (χ4v) is 5.38. The summed E-state index contributed by atoms with van der Waals surface area (Å²) in [7, 11) is 1.55. The van der Waals surface area contributed by atoms with Gasteiger partial charge in [0.25, 0.3) is 0 Å². The van der Waals surface area contributed by atoms with Crippen LogP contribution < -0.4 is 20.5 Å². The van der Waals surface area contributed by atoms with Crippen molar-refractivity contribution >= 4 is 17.5 Å². The molecule has 210 valence electrons. The summed E-state index contributed by atoms with van der Waals surface area (Å²) in [5.74, 6) is -0.707. The van der Waals surface area contributed by atoms with Crippen LogP contribution in [0.3, 0.4) is 0 Å². The number of halogens is 3. The van der Waals surface area contributed by atoms with E-state index >= 15 is 0 Å². The van der Waals surface area contributed by atoms with Gasteiger partial charge in [0.15, 0.2) is 0 Å². The second-order valence-electron chi connectivity index (χ2n) is 10.3. The van der Waals surface area contributed by atoms with Gasteiger partial charge in [0.1, 0.15) is 11.8 Å². The number of anilines is 1. The molecule has 1 aromatic heterocycles. The maximum atomic E-state index is 14.2. The third kappa shape index (κ3) is 5.89. The zero-order valence-electron chi connectivity index (χ0n) is 21.7. The number of aliphatic carboxylic acids is 1. The molecule has 1 spiro atoms. The molecule has 0 amide bonds. The molecule has 5 rings (SSSR count). The summed E-state index contributed by atoms with van der Waals surface area (Å²) in [4.78, 5) is 19.5. The Kier molecular flexibility index (Phi) is 7.41. The molecule has 1 aliphatic heterocycles. The SMILES string of the molecule is COc1cccc(-c2ccc([C@@H](Oc3cc(C4=CCC5(CC4)CNC(C(=O)O)C5)nc(N)n3)C(F)(F)F)cc2)c1. The number of allylic oxidation sites excluding steroid dienone is 2. The maximum absolute atomic E-state index is 14.2. The minimum absolute atomic E-state index is 0.0848. The molecular weight excluding hydrogens is 525 g/mol. The van der Waals surface area contributed by atoms with Gasteiger partial charge >= 0.3 is 12.1 Å². The quantitative estimate of drug-likeness (QED) is 0.354. The number of nitrogens with zero attached hydrogens (tertiary/aromatic N) is 2. The van der Waals surface area contributed by atoms with Crippen LogP contribution in [-0.2, 0) is 4.79 Å². The van der Waals surface area contributed by atoms with Crippen LogP contribution in [0.1, 0.15) is 43.0 Å². The van der Waals surface area contributed by atoms with Gasteiger partial charge in [0, 0.05) is 18.2 Å². The average molecular weight is 555 g/mol. The van der Waals surface area contributed by atoms with Gasteiger partial charge in [-0.15, -0.1) is 0 Å². The van der Waals surface area contributed by atoms with Crippen molar-refractivity contribution in [1.29, 1.82) is 0 Å². The number of hydrogen-bond donors (Lipinski definition) is 3. The highest BCUT2D eigenvalue weighted by atomic mass is 19.4. The van der Waals surface area contributed by atoms with E-state index in [4.69, 9.17) is 15.2 Å². The topological polar surface area (TPSA) is 120 Å². The first-order valence-electron chi connectivity index (χ1n) is 12.8. The van der Waals surface area contributed by atoms with Crippen LogP contribution in [0.5, 0.6) is 11.6 Å². The van der Waals surface area contributed by atoms with E-state index in [1.54, 1.807) is 37.4 Å².